The smallest absolute Gasteiger partial charge is 0.273 e. The number of aromatic amines is 1. The van der Waals surface area contributed by atoms with E-state index in [0.717, 1.165) is 30.6 Å². The molecule has 0 unspecified atom stereocenters. The van der Waals surface area contributed by atoms with Crippen LogP contribution in [0, 0.1) is 0 Å². The number of fused-ring (bicyclic) bond motifs is 1. The van der Waals surface area contributed by atoms with Crippen molar-refractivity contribution in [1.29, 1.82) is 0 Å². The van der Waals surface area contributed by atoms with Gasteiger partial charge in [-0.15, -0.1) is 11.8 Å². The Hall–Kier alpha value is -2.77. The van der Waals surface area contributed by atoms with Crippen molar-refractivity contribution in [3.8, 4) is 17.0 Å². The molecule has 2 aromatic carbocycles. The van der Waals surface area contributed by atoms with Crippen molar-refractivity contribution >= 4 is 17.7 Å². The number of hydrogen-bond acceptors (Lipinski definition) is 5. The van der Waals surface area contributed by atoms with Gasteiger partial charge in [-0.2, -0.15) is 5.10 Å². The highest BCUT2D eigenvalue weighted by atomic mass is 32.2. The second-order valence-corrected chi connectivity index (χ2v) is 8.53. The van der Waals surface area contributed by atoms with Crippen LogP contribution in [0.2, 0.25) is 0 Å². The van der Waals surface area contributed by atoms with Crippen molar-refractivity contribution < 1.29 is 14.6 Å². The van der Waals surface area contributed by atoms with Gasteiger partial charge in [0, 0.05) is 29.2 Å². The summed E-state index contributed by atoms with van der Waals surface area (Å²) in [6.45, 7) is 1.28. The van der Waals surface area contributed by atoms with Crippen LogP contribution in [0.15, 0.2) is 53.4 Å². The zero-order valence-electron chi connectivity index (χ0n) is 16.7. The first-order valence-electron chi connectivity index (χ1n) is 10.1. The van der Waals surface area contributed by atoms with Gasteiger partial charge in [-0.3, -0.25) is 9.89 Å². The highest BCUT2D eigenvalue weighted by Gasteiger charge is 2.43. The van der Waals surface area contributed by atoms with Gasteiger partial charge < -0.3 is 14.7 Å². The summed E-state index contributed by atoms with van der Waals surface area (Å²) < 4.78 is 5.83. The highest BCUT2D eigenvalue weighted by molar-refractivity contribution is 7.98. The van der Waals surface area contributed by atoms with E-state index in [-0.39, 0.29) is 23.8 Å². The second-order valence-electron chi connectivity index (χ2n) is 7.65. The first kappa shape index (κ1) is 19.2. The zero-order chi connectivity index (χ0) is 20.7. The monoisotopic (exact) mass is 421 g/mol. The Morgan fingerprint density at radius 1 is 1.23 bits per heavy atom. The maximum absolute atomic E-state index is 13.4. The number of thioether (sulfide) groups is 1. The number of rotatable bonds is 5. The van der Waals surface area contributed by atoms with E-state index in [1.807, 2.05) is 23.3 Å². The minimum atomic E-state index is -0.277. The van der Waals surface area contributed by atoms with Gasteiger partial charge in [-0.25, -0.2) is 0 Å². The number of para-hydroxylation sites is 1. The van der Waals surface area contributed by atoms with E-state index in [2.05, 4.69) is 34.5 Å². The van der Waals surface area contributed by atoms with Crippen LogP contribution >= 0.6 is 11.8 Å². The Bertz CT molecular complexity index is 1070. The molecule has 2 aliphatic rings. The molecule has 6 nitrogen and oxygen atoms in total. The van der Waals surface area contributed by atoms with Crippen LogP contribution in [0.1, 0.15) is 40.5 Å². The number of nitrogens with one attached hydrogen (secondary N) is 1. The van der Waals surface area contributed by atoms with Gasteiger partial charge in [-0.05, 0) is 48.9 Å². The molecule has 2 atom stereocenters. The molecule has 0 bridgehead atoms. The van der Waals surface area contributed by atoms with Crippen LogP contribution in [-0.4, -0.2) is 51.6 Å². The highest BCUT2D eigenvalue weighted by Crippen LogP contribution is 2.44. The molecule has 3 heterocycles. The first-order valence-corrected chi connectivity index (χ1v) is 11.3. The van der Waals surface area contributed by atoms with Crippen molar-refractivity contribution in [2.45, 2.75) is 29.9 Å². The predicted octanol–water partition coefficient (Wildman–Crippen LogP) is 4.23. The lowest BCUT2D eigenvalue weighted by molar-refractivity contribution is 0.0495. The number of ether oxygens (including phenoxy) is 1. The SMILES string of the molecule is CSc1ccc([C@H]2c3c(-c4ccccc4O)n[nH]c3C(=O)N2C[C@H]2CCCO2)cc1. The maximum atomic E-state index is 13.4. The number of H-pyrrole nitrogens is 1. The quantitative estimate of drug-likeness (QED) is 0.603. The fourth-order valence-corrected chi connectivity index (χ4v) is 4.81. The molecule has 0 saturated carbocycles. The summed E-state index contributed by atoms with van der Waals surface area (Å²) in [7, 11) is 0. The molecule has 30 heavy (non-hydrogen) atoms. The van der Waals surface area contributed by atoms with Crippen LogP contribution in [0.4, 0.5) is 0 Å². The molecule has 7 heteroatoms. The van der Waals surface area contributed by atoms with E-state index in [9.17, 15) is 9.90 Å². The number of phenols is 1. The minimum Gasteiger partial charge on any atom is -0.507 e. The fourth-order valence-electron chi connectivity index (χ4n) is 4.40. The van der Waals surface area contributed by atoms with Gasteiger partial charge in [0.25, 0.3) is 5.91 Å². The molecule has 1 aromatic heterocycles. The van der Waals surface area contributed by atoms with Crippen molar-refractivity contribution in [3.63, 3.8) is 0 Å². The number of aromatic hydroxyl groups is 1. The minimum absolute atomic E-state index is 0.0486. The fraction of sp³-hybridized carbons (Fsp3) is 0.304. The number of nitrogens with zero attached hydrogens (tertiary/aromatic N) is 2. The Labute approximate surface area is 179 Å². The third-order valence-electron chi connectivity index (χ3n) is 5.88. The van der Waals surface area contributed by atoms with E-state index in [1.165, 1.54) is 4.90 Å². The van der Waals surface area contributed by atoms with Crippen molar-refractivity contribution in [2.75, 3.05) is 19.4 Å². The van der Waals surface area contributed by atoms with Gasteiger partial charge in [0.05, 0.1) is 12.1 Å². The summed E-state index contributed by atoms with van der Waals surface area (Å²) in [5, 5.41) is 17.8. The Morgan fingerprint density at radius 2 is 2.03 bits per heavy atom. The molecule has 2 N–H and O–H groups in total. The number of aromatic nitrogens is 2. The van der Waals surface area contributed by atoms with Crippen LogP contribution in [0.5, 0.6) is 5.75 Å². The molecule has 1 amide bonds. The van der Waals surface area contributed by atoms with Crippen molar-refractivity contribution in [3.05, 3.63) is 65.4 Å². The lowest BCUT2D eigenvalue weighted by Gasteiger charge is -2.28. The first-order chi connectivity index (χ1) is 14.7. The summed E-state index contributed by atoms with van der Waals surface area (Å²) in [6, 6.07) is 15.1. The second kappa shape index (κ2) is 7.81. The number of amides is 1. The standard InChI is InChI=1S/C23H23N3O3S/c1-30-16-10-8-14(9-11-16)22-19-20(17-6-2-3-7-18(17)27)24-25-21(19)23(28)26(22)13-15-5-4-12-29-15/h2-3,6-11,15,22,27H,4-5,12-13H2,1H3,(H,24,25)/t15-,22+/m1/s1. The van der Waals surface area contributed by atoms with E-state index >= 15 is 0 Å². The third kappa shape index (κ3) is 3.18. The van der Waals surface area contributed by atoms with Crippen LogP contribution < -0.4 is 0 Å². The summed E-state index contributed by atoms with van der Waals surface area (Å²) in [5.74, 6) is 0.0712. The Morgan fingerprint density at radius 3 is 2.73 bits per heavy atom. The molecule has 5 rings (SSSR count). The zero-order valence-corrected chi connectivity index (χ0v) is 17.5. The summed E-state index contributed by atoms with van der Waals surface area (Å²) in [4.78, 5) is 16.4. The molecule has 2 aliphatic heterocycles. The number of carbonyl (C=O) groups is 1. The molecular formula is C23H23N3O3S. The number of benzene rings is 2. The van der Waals surface area contributed by atoms with E-state index in [0.29, 0.717) is 23.5 Å². The van der Waals surface area contributed by atoms with E-state index in [4.69, 9.17) is 4.74 Å². The Balaban J connectivity index is 1.62. The Kier molecular flexibility index (Phi) is 5.00. The molecule has 0 aliphatic carbocycles. The van der Waals surface area contributed by atoms with Crippen molar-refractivity contribution in [1.82, 2.24) is 15.1 Å². The van der Waals surface area contributed by atoms with Gasteiger partial charge in [0.1, 0.15) is 17.1 Å². The number of hydrogen-bond donors (Lipinski definition) is 2. The average molecular weight is 422 g/mol. The van der Waals surface area contributed by atoms with Gasteiger partial charge in [0.15, 0.2) is 0 Å². The van der Waals surface area contributed by atoms with E-state index < -0.39 is 0 Å². The summed E-state index contributed by atoms with van der Waals surface area (Å²) in [6.07, 6.45) is 4.07. The summed E-state index contributed by atoms with van der Waals surface area (Å²) in [5.41, 5.74) is 3.57. The van der Waals surface area contributed by atoms with Crippen LogP contribution in [-0.2, 0) is 4.74 Å². The molecule has 0 spiro atoms. The predicted molar refractivity (Wildman–Crippen MR) is 116 cm³/mol. The topological polar surface area (TPSA) is 78.5 Å². The van der Waals surface area contributed by atoms with Crippen LogP contribution in [0.25, 0.3) is 11.3 Å². The van der Waals surface area contributed by atoms with Crippen molar-refractivity contribution in [2.24, 2.45) is 0 Å². The van der Waals surface area contributed by atoms with Gasteiger partial charge in [-0.1, -0.05) is 24.3 Å². The lowest BCUT2D eigenvalue weighted by Crippen LogP contribution is -2.36. The average Bonchev–Trinajstić information content (AvgIpc) is 3.49. The normalized spacial score (nSPS) is 20.7. The molecule has 3 aromatic rings. The summed E-state index contributed by atoms with van der Waals surface area (Å²) >= 11 is 1.68. The molecule has 0 radical (unpaired) electrons. The van der Waals surface area contributed by atoms with Gasteiger partial charge in [0.2, 0.25) is 0 Å². The molecule has 1 saturated heterocycles. The molecule has 1 fully saturated rings. The number of carbonyl (C=O) groups excluding carboxylic acids is 1. The van der Waals surface area contributed by atoms with Crippen LogP contribution in [0.3, 0.4) is 0 Å². The van der Waals surface area contributed by atoms with Gasteiger partial charge >= 0.3 is 0 Å². The maximum Gasteiger partial charge on any atom is 0.273 e. The lowest BCUT2D eigenvalue weighted by atomic mass is 9.95. The van der Waals surface area contributed by atoms with E-state index in [1.54, 1.807) is 23.9 Å². The third-order valence-corrected chi connectivity index (χ3v) is 6.62. The largest absolute Gasteiger partial charge is 0.507 e. The number of phenolic OH excluding ortho intramolecular Hbond substituents is 1. The molecular weight excluding hydrogens is 398 g/mol. The molecule has 154 valence electrons.